The Bertz CT molecular complexity index is 900. The Labute approximate surface area is 194 Å². The molecule has 0 aliphatic heterocycles. The highest BCUT2D eigenvalue weighted by molar-refractivity contribution is 7.80. The molecular weight excluding hydrogens is 426 g/mol. The van der Waals surface area contributed by atoms with E-state index in [1.165, 1.54) is 0 Å². The van der Waals surface area contributed by atoms with Gasteiger partial charge in [0.05, 0.1) is 18.8 Å². The van der Waals surface area contributed by atoms with Gasteiger partial charge in [0.1, 0.15) is 11.5 Å². The Morgan fingerprint density at radius 2 is 1.66 bits per heavy atom. The Balaban J connectivity index is 1.84. The number of hydrogen-bond acceptors (Lipinski definition) is 5. The molecule has 0 radical (unpaired) electrons. The molecule has 0 unspecified atom stereocenters. The van der Waals surface area contributed by atoms with Gasteiger partial charge < -0.3 is 9.47 Å². The summed E-state index contributed by atoms with van der Waals surface area (Å²) in [4.78, 5) is 24.9. The molecule has 0 bridgehead atoms. The van der Waals surface area contributed by atoms with Crippen molar-refractivity contribution in [2.24, 2.45) is 5.92 Å². The number of carbonyl (C=O) groups excluding carboxylic acids is 2. The summed E-state index contributed by atoms with van der Waals surface area (Å²) in [5.74, 6) is 0.790. The zero-order valence-electron chi connectivity index (χ0n) is 18.8. The molecule has 0 atom stereocenters. The molecule has 0 fully saturated rings. The summed E-state index contributed by atoms with van der Waals surface area (Å²) in [5.41, 5.74) is 5.81. The third-order valence-electron chi connectivity index (χ3n) is 4.35. The molecule has 172 valence electrons. The van der Waals surface area contributed by atoms with E-state index in [4.69, 9.17) is 21.7 Å². The van der Waals surface area contributed by atoms with Crippen molar-refractivity contribution >= 4 is 29.1 Å². The van der Waals surface area contributed by atoms with E-state index in [-0.39, 0.29) is 5.11 Å². The lowest BCUT2D eigenvalue weighted by molar-refractivity contribution is 0.0933. The largest absolute Gasteiger partial charge is 0.493 e. The van der Waals surface area contributed by atoms with Crippen molar-refractivity contribution in [1.82, 2.24) is 16.2 Å². The molecule has 3 N–H and O–H groups in total. The number of carbonyl (C=O) groups is 2. The van der Waals surface area contributed by atoms with Crippen LogP contribution in [0.4, 0.5) is 0 Å². The fraction of sp³-hybridized carbons (Fsp3) is 0.375. The number of thiocarbonyl (C=S) groups is 1. The zero-order chi connectivity index (χ0) is 23.3. The van der Waals surface area contributed by atoms with E-state index in [9.17, 15) is 9.59 Å². The van der Waals surface area contributed by atoms with Crippen LogP contribution in [0.1, 0.15) is 60.7 Å². The van der Waals surface area contributed by atoms with Gasteiger partial charge in [0.25, 0.3) is 11.8 Å². The summed E-state index contributed by atoms with van der Waals surface area (Å²) >= 11 is 5.12. The van der Waals surface area contributed by atoms with Crippen molar-refractivity contribution in [2.45, 2.75) is 40.0 Å². The lowest BCUT2D eigenvalue weighted by Gasteiger charge is -2.13. The smallest absolute Gasteiger partial charge is 0.269 e. The highest BCUT2D eigenvalue weighted by Gasteiger charge is 2.14. The highest BCUT2D eigenvalue weighted by Crippen LogP contribution is 2.18. The maximum Gasteiger partial charge on any atom is 0.269 e. The van der Waals surface area contributed by atoms with Crippen molar-refractivity contribution in [1.29, 1.82) is 0 Å². The quantitative estimate of drug-likeness (QED) is 0.281. The average Bonchev–Trinajstić information content (AvgIpc) is 2.79. The molecular formula is C24H31N3O4S. The predicted octanol–water partition coefficient (Wildman–Crippen LogP) is 4.24. The highest BCUT2D eigenvalue weighted by atomic mass is 32.1. The SMILES string of the molecule is CCCCCOc1ccccc1C(=O)NC(=S)NNC(=O)c1ccc(OCC(C)C)cc1. The summed E-state index contributed by atoms with van der Waals surface area (Å²) < 4.78 is 11.3. The molecule has 0 spiro atoms. The number of hydrazine groups is 1. The van der Waals surface area contributed by atoms with Crippen molar-refractivity contribution in [2.75, 3.05) is 13.2 Å². The van der Waals surface area contributed by atoms with Gasteiger partial charge in [0.2, 0.25) is 0 Å². The van der Waals surface area contributed by atoms with E-state index < -0.39 is 11.8 Å². The molecule has 32 heavy (non-hydrogen) atoms. The second-order valence-corrected chi connectivity index (χ2v) is 8.05. The Hall–Kier alpha value is -3.13. The maximum absolute atomic E-state index is 12.6. The van der Waals surface area contributed by atoms with Gasteiger partial charge in [-0.1, -0.05) is 45.7 Å². The summed E-state index contributed by atoms with van der Waals surface area (Å²) in [7, 11) is 0. The van der Waals surface area contributed by atoms with E-state index in [0.29, 0.717) is 41.8 Å². The molecule has 0 aliphatic carbocycles. The Kier molecular flexibility index (Phi) is 10.5. The summed E-state index contributed by atoms with van der Waals surface area (Å²) in [6.07, 6.45) is 3.08. The minimum absolute atomic E-state index is 0.0268. The van der Waals surface area contributed by atoms with Crippen molar-refractivity contribution in [3.8, 4) is 11.5 Å². The first kappa shape index (κ1) is 25.1. The number of unbranched alkanes of at least 4 members (excludes halogenated alkanes) is 2. The first-order valence-electron chi connectivity index (χ1n) is 10.8. The van der Waals surface area contributed by atoms with Crippen LogP contribution in [0.3, 0.4) is 0 Å². The molecule has 0 aromatic heterocycles. The minimum Gasteiger partial charge on any atom is -0.493 e. The monoisotopic (exact) mass is 457 g/mol. The fourth-order valence-electron chi connectivity index (χ4n) is 2.67. The normalized spacial score (nSPS) is 10.4. The van der Waals surface area contributed by atoms with Crippen LogP contribution in [0.5, 0.6) is 11.5 Å². The molecule has 0 saturated carbocycles. The molecule has 0 aliphatic rings. The van der Waals surface area contributed by atoms with Gasteiger partial charge in [0.15, 0.2) is 5.11 Å². The van der Waals surface area contributed by atoms with Gasteiger partial charge in [-0.15, -0.1) is 0 Å². The van der Waals surface area contributed by atoms with Crippen molar-refractivity contribution in [3.05, 3.63) is 59.7 Å². The molecule has 2 rings (SSSR count). The van der Waals surface area contributed by atoms with Crippen LogP contribution in [-0.2, 0) is 0 Å². The zero-order valence-corrected chi connectivity index (χ0v) is 19.6. The molecule has 2 aromatic rings. The number of nitrogens with one attached hydrogen (secondary N) is 3. The first-order valence-corrected chi connectivity index (χ1v) is 11.2. The fourth-order valence-corrected chi connectivity index (χ4v) is 2.81. The van der Waals surface area contributed by atoms with E-state index in [1.807, 2.05) is 6.07 Å². The standard InChI is InChI=1S/C24H31N3O4S/c1-4-5-8-15-30-21-10-7-6-9-20(21)23(29)25-24(32)27-26-22(28)18-11-13-19(14-12-18)31-16-17(2)3/h6-7,9-14,17H,4-5,8,15-16H2,1-3H3,(H,26,28)(H2,25,27,29,32). The van der Waals surface area contributed by atoms with E-state index in [0.717, 1.165) is 19.3 Å². The topological polar surface area (TPSA) is 88.7 Å². The predicted molar refractivity (Wildman–Crippen MR) is 129 cm³/mol. The van der Waals surface area contributed by atoms with Crippen LogP contribution >= 0.6 is 12.2 Å². The van der Waals surface area contributed by atoms with Crippen LogP contribution in [-0.4, -0.2) is 30.1 Å². The van der Waals surface area contributed by atoms with E-state index in [1.54, 1.807) is 42.5 Å². The molecule has 0 saturated heterocycles. The van der Waals surface area contributed by atoms with Crippen LogP contribution < -0.4 is 25.6 Å². The van der Waals surface area contributed by atoms with Crippen LogP contribution in [0.2, 0.25) is 0 Å². The van der Waals surface area contributed by atoms with Crippen molar-refractivity contribution < 1.29 is 19.1 Å². The van der Waals surface area contributed by atoms with Crippen molar-refractivity contribution in [3.63, 3.8) is 0 Å². The number of amides is 2. The van der Waals surface area contributed by atoms with Gasteiger partial charge >= 0.3 is 0 Å². The van der Waals surface area contributed by atoms with Crippen LogP contribution in [0.15, 0.2) is 48.5 Å². The third-order valence-corrected chi connectivity index (χ3v) is 4.56. The second kappa shape index (κ2) is 13.3. The Morgan fingerprint density at radius 3 is 2.34 bits per heavy atom. The number of benzene rings is 2. The van der Waals surface area contributed by atoms with Gasteiger partial charge in [-0.05, 0) is 61.0 Å². The second-order valence-electron chi connectivity index (χ2n) is 7.64. The number of ether oxygens (including phenoxy) is 2. The molecule has 2 amide bonds. The van der Waals surface area contributed by atoms with Crippen LogP contribution in [0, 0.1) is 5.92 Å². The molecule has 2 aromatic carbocycles. The molecule has 0 heterocycles. The number of rotatable bonds is 10. The third kappa shape index (κ3) is 8.55. The summed E-state index contributed by atoms with van der Waals surface area (Å²) in [6.45, 7) is 7.39. The average molecular weight is 458 g/mol. The molecule has 8 heteroatoms. The van der Waals surface area contributed by atoms with Gasteiger partial charge in [-0.3, -0.25) is 25.8 Å². The Morgan fingerprint density at radius 1 is 0.938 bits per heavy atom. The lowest BCUT2D eigenvalue weighted by Crippen LogP contribution is -2.48. The number of para-hydroxylation sites is 1. The first-order chi connectivity index (χ1) is 15.4. The van der Waals surface area contributed by atoms with E-state index >= 15 is 0 Å². The van der Waals surface area contributed by atoms with Gasteiger partial charge in [-0.2, -0.15) is 0 Å². The van der Waals surface area contributed by atoms with Gasteiger partial charge in [-0.25, -0.2) is 0 Å². The van der Waals surface area contributed by atoms with E-state index in [2.05, 4.69) is 36.9 Å². The number of hydrogen-bond donors (Lipinski definition) is 3. The summed E-state index contributed by atoms with van der Waals surface area (Å²) in [5, 5.41) is 2.52. The summed E-state index contributed by atoms with van der Waals surface area (Å²) in [6, 6.07) is 13.7. The van der Waals surface area contributed by atoms with Gasteiger partial charge in [0, 0.05) is 5.56 Å². The maximum atomic E-state index is 12.6. The lowest BCUT2D eigenvalue weighted by atomic mass is 10.2. The minimum atomic E-state index is -0.422. The molecule has 7 nitrogen and oxygen atoms in total. The van der Waals surface area contributed by atoms with Crippen LogP contribution in [0.25, 0.3) is 0 Å².